The molecule has 0 aliphatic carbocycles. The van der Waals surface area contributed by atoms with Gasteiger partial charge >= 0.3 is 6.18 Å². The van der Waals surface area contributed by atoms with Crippen LogP contribution in [0.2, 0.25) is 5.02 Å². The smallest absolute Gasteiger partial charge is 0.398 e. The highest BCUT2D eigenvalue weighted by Gasteiger charge is 2.34. The Balaban J connectivity index is 3.36. The molecule has 0 saturated heterocycles. The van der Waals surface area contributed by atoms with Crippen LogP contribution in [0.1, 0.15) is 11.1 Å². The Morgan fingerprint density at radius 2 is 1.93 bits per heavy atom. The molecule has 0 atom stereocenters. The zero-order valence-electron chi connectivity index (χ0n) is 6.90. The second kappa shape index (κ2) is 3.67. The Morgan fingerprint density at radius 3 is 2.36 bits per heavy atom. The number of anilines is 1. The number of rotatable bonds is 1. The second-order valence-corrected chi connectivity index (χ2v) is 3.03. The highest BCUT2D eigenvalue weighted by Crippen LogP contribution is 2.38. The first-order valence-corrected chi connectivity index (χ1v) is 4.00. The van der Waals surface area contributed by atoms with Gasteiger partial charge < -0.3 is 10.8 Å². The van der Waals surface area contributed by atoms with Gasteiger partial charge in [0.15, 0.2) is 0 Å². The molecule has 0 aliphatic heterocycles. The predicted molar refractivity (Wildman–Crippen MR) is 46.8 cm³/mol. The van der Waals surface area contributed by atoms with Crippen molar-refractivity contribution in [3.63, 3.8) is 0 Å². The van der Waals surface area contributed by atoms with Crippen LogP contribution in [0.15, 0.2) is 12.1 Å². The summed E-state index contributed by atoms with van der Waals surface area (Å²) >= 11 is 5.44. The fourth-order valence-electron chi connectivity index (χ4n) is 1.02. The van der Waals surface area contributed by atoms with Gasteiger partial charge in [-0.2, -0.15) is 13.2 Å². The first kappa shape index (κ1) is 11.1. The SMILES string of the molecule is Nc1ccc(C(F)(F)F)c(Cl)c1CO. The maximum atomic E-state index is 12.3. The van der Waals surface area contributed by atoms with Gasteiger partial charge in [-0.25, -0.2) is 0 Å². The summed E-state index contributed by atoms with van der Waals surface area (Å²) in [6.07, 6.45) is -4.53. The van der Waals surface area contributed by atoms with E-state index in [-0.39, 0.29) is 11.3 Å². The van der Waals surface area contributed by atoms with Crippen molar-refractivity contribution in [2.24, 2.45) is 0 Å². The second-order valence-electron chi connectivity index (χ2n) is 2.65. The summed E-state index contributed by atoms with van der Waals surface area (Å²) in [5, 5.41) is 8.22. The quantitative estimate of drug-likeness (QED) is 0.721. The summed E-state index contributed by atoms with van der Waals surface area (Å²) in [5.41, 5.74) is 4.29. The van der Waals surface area contributed by atoms with Gasteiger partial charge in [-0.05, 0) is 12.1 Å². The molecule has 2 nitrogen and oxygen atoms in total. The first-order valence-electron chi connectivity index (χ1n) is 3.63. The number of hydrogen-bond acceptors (Lipinski definition) is 2. The predicted octanol–water partition coefficient (Wildman–Crippen LogP) is 2.43. The summed E-state index contributed by atoms with van der Waals surface area (Å²) in [5.74, 6) is 0. The van der Waals surface area contributed by atoms with Crippen molar-refractivity contribution in [1.29, 1.82) is 0 Å². The molecule has 3 N–H and O–H groups in total. The Morgan fingerprint density at radius 1 is 1.36 bits per heavy atom. The summed E-state index contributed by atoms with van der Waals surface area (Å²) < 4.78 is 36.9. The van der Waals surface area contributed by atoms with Crippen molar-refractivity contribution in [2.45, 2.75) is 12.8 Å². The fourth-order valence-corrected chi connectivity index (χ4v) is 1.35. The van der Waals surface area contributed by atoms with Gasteiger partial charge in [0.05, 0.1) is 17.2 Å². The van der Waals surface area contributed by atoms with E-state index in [1.165, 1.54) is 0 Å². The normalized spacial score (nSPS) is 11.8. The molecule has 0 spiro atoms. The van der Waals surface area contributed by atoms with Crippen LogP contribution in [-0.2, 0) is 12.8 Å². The summed E-state index contributed by atoms with van der Waals surface area (Å²) in [6.45, 7) is -0.616. The molecule has 1 aromatic carbocycles. The Kier molecular flexibility index (Phi) is 2.92. The summed E-state index contributed by atoms with van der Waals surface area (Å²) in [4.78, 5) is 0. The lowest BCUT2D eigenvalue weighted by Crippen LogP contribution is -2.08. The van der Waals surface area contributed by atoms with Crippen LogP contribution < -0.4 is 5.73 Å². The Hall–Kier alpha value is -0.940. The van der Waals surface area contributed by atoms with Crippen LogP contribution in [0.3, 0.4) is 0 Å². The maximum absolute atomic E-state index is 12.3. The highest BCUT2D eigenvalue weighted by molar-refractivity contribution is 6.32. The number of hydrogen-bond donors (Lipinski definition) is 2. The lowest BCUT2D eigenvalue weighted by atomic mass is 10.1. The van der Waals surface area contributed by atoms with E-state index in [1.54, 1.807) is 0 Å². The first-order chi connectivity index (χ1) is 6.38. The van der Waals surface area contributed by atoms with Crippen molar-refractivity contribution < 1.29 is 18.3 Å². The molecular weight excluding hydrogens is 219 g/mol. The third-order valence-corrected chi connectivity index (χ3v) is 2.17. The highest BCUT2D eigenvalue weighted by atomic mass is 35.5. The van der Waals surface area contributed by atoms with Gasteiger partial charge in [0.25, 0.3) is 0 Å². The molecule has 78 valence electrons. The van der Waals surface area contributed by atoms with Crippen LogP contribution in [0.25, 0.3) is 0 Å². The topological polar surface area (TPSA) is 46.2 Å². The van der Waals surface area contributed by atoms with E-state index >= 15 is 0 Å². The number of halogens is 4. The number of nitrogen functional groups attached to an aromatic ring is 1. The molecule has 1 aromatic rings. The monoisotopic (exact) mass is 225 g/mol. The Labute approximate surface area is 83.1 Å². The van der Waals surface area contributed by atoms with Crippen LogP contribution in [-0.4, -0.2) is 5.11 Å². The van der Waals surface area contributed by atoms with E-state index < -0.39 is 23.4 Å². The molecule has 0 aliphatic rings. The molecule has 0 fully saturated rings. The standard InChI is InChI=1S/C8H7ClF3NO/c9-7-4(3-14)6(13)2-1-5(7)8(10,11)12/h1-2,14H,3,13H2. The van der Waals surface area contributed by atoms with Gasteiger partial charge in [-0.3, -0.25) is 0 Å². The maximum Gasteiger partial charge on any atom is 0.417 e. The molecule has 0 heterocycles. The molecule has 0 bridgehead atoms. The van der Waals surface area contributed by atoms with E-state index in [0.717, 1.165) is 12.1 Å². The number of aliphatic hydroxyl groups excluding tert-OH is 1. The zero-order valence-corrected chi connectivity index (χ0v) is 7.65. The number of alkyl halides is 3. The van der Waals surface area contributed by atoms with E-state index in [9.17, 15) is 13.2 Å². The van der Waals surface area contributed by atoms with Gasteiger partial charge in [0.2, 0.25) is 0 Å². The van der Waals surface area contributed by atoms with Crippen LogP contribution in [0.5, 0.6) is 0 Å². The Bertz CT molecular complexity index is 351. The third kappa shape index (κ3) is 1.93. The van der Waals surface area contributed by atoms with Gasteiger partial charge in [0, 0.05) is 11.3 Å². The molecule has 14 heavy (non-hydrogen) atoms. The van der Waals surface area contributed by atoms with Crippen LogP contribution in [0, 0.1) is 0 Å². The van der Waals surface area contributed by atoms with Crippen LogP contribution in [0.4, 0.5) is 18.9 Å². The van der Waals surface area contributed by atoms with E-state index in [1.807, 2.05) is 0 Å². The molecule has 0 unspecified atom stereocenters. The zero-order chi connectivity index (χ0) is 10.9. The minimum absolute atomic E-state index is 0.0468. The summed E-state index contributed by atoms with van der Waals surface area (Å²) in [6, 6.07) is 1.86. The average Bonchev–Trinajstić information content (AvgIpc) is 2.02. The minimum atomic E-state index is -4.53. The van der Waals surface area contributed by atoms with E-state index in [2.05, 4.69) is 0 Å². The van der Waals surface area contributed by atoms with Gasteiger partial charge in [-0.1, -0.05) is 11.6 Å². The molecular formula is C8H7ClF3NO. The molecule has 0 aromatic heterocycles. The van der Waals surface area contributed by atoms with Crippen molar-refractivity contribution in [2.75, 3.05) is 5.73 Å². The van der Waals surface area contributed by atoms with E-state index in [0.29, 0.717) is 0 Å². The van der Waals surface area contributed by atoms with Crippen LogP contribution >= 0.6 is 11.6 Å². The van der Waals surface area contributed by atoms with Crippen molar-refractivity contribution in [3.05, 3.63) is 28.3 Å². The lowest BCUT2D eigenvalue weighted by Gasteiger charge is -2.12. The van der Waals surface area contributed by atoms with E-state index in [4.69, 9.17) is 22.4 Å². The molecule has 0 saturated carbocycles. The fraction of sp³-hybridized carbons (Fsp3) is 0.250. The molecule has 6 heteroatoms. The van der Waals surface area contributed by atoms with Crippen molar-refractivity contribution in [1.82, 2.24) is 0 Å². The minimum Gasteiger partial charge on any atom is -0.398 e. The number of nitrogens with two attached hydrogens (primary N) is 1. The van der Waals surface area contributed by atoms with Crippen molar-refractivity contribution in [3.8, 4) is 0 Å². The molecule has 0 radical (unpaired) electrons. The number of aliphatic hydroxyl groups is 1. The third-order valence-electron chi connectivity index (χ3n) is 1.74. The summed E-state index contributed by atoms with van der Waals surface area (Å²) in [7, 11) is 0. The van der Waals surface area contributed by atoms with Crippen molar-refractivity contribution >= 4 is 17.3 Å². The largest absolute Gasteiger partial charge is 0.417 e. The van der Waals surface area contributed by atoms with Gasteiger partial charge in [-0.15, -0.1) is 0 Å². The molecule has 1 rings (SSSR count). The average molecular weight is 226 g/mol. The number of benzene rings is 1. The lowest BCUT2D eigenvalue weighted by molar-refractivity contribution is -0.137. The molecule has 0 amide bonds. The van der Waals surface area contributed by atoms with Gasteiger partial charge in [0.1, 0.15) is 0 Å².